The molecule has 0 aliphatic carbocycles. The number of nitrogens with one attached hydrogen (secondary N) is 1. The average Bonchev–Trinajstić information content (AvgIpc) is 2.76. The van der Waals surface area contributed by atoms with Gasteiger partial charge in [-0.05, 0) is 42.0 Å². The van der Waals surface area contributed by atoms with E-state index in [0.717, 1.165) is 6.07 Å². The van der Waals surface area contributed by atoms with Crippen LogP contribution in [0.25, 0.3) is 0 Å². The molecule has 0 unspecified atom stereocenters. The fraction of sp³-hybridized carbons (Fsp3) is 0.174. The average molecular weight is 466 g/mol. The smallest absolute Gasteiger partial charge is 0.416 e. The molecule has 9 heteroatoms. The van der Waals surface area contributed by atoms with Crippen molar-refractivity contribution in [3.8, 4) is 17.2 Å². The number of ether oxygens (including phenoxy) is 2. The van der Waals surface area contributed by atoms with Gasteiger partial charge in [0.1, 0.15) is 17.2 Å². The molecule has 3 rings (SSSR count). The van der Waals surface area contributed by atoms with Crippen LogP contribution < -0.4 is 14.8 Å². The second-order valence-electron chi connectivity index (χ2n) is 6.73. The standard InChI is InChI=1S/C23H19ClF3NO4/c1-31-16-7-9-21(32-11-10-14-4-2-3-5-18(14)23(25,26)27)19(13-16)28-22(30)17-12-15(24)6-8-20(17)29/h2-9,12-13,29H,10-11H2,1H3,(H,28,30). The maximum Gasteiger partial charge on any atom is 0.416 e. The third-order valence-electron chi connectivity index (χ3n) is 4.59. The Morgan fingerprint density at radius 1 is 1.09 bits per heavy atom. The number of methoxy groups -OCH3 is 1. The van der Waals surface area contributed by atoms with Crippen molar-refractivity contribution in [1.29, 1.82) is 0 Å². The van der Waals surface area contributed by atoms with Crippen LogP contribution in [-0.2, 0) is 12.6 Å². The summed E-state index contributed by atoms with van der Waals surface area (Å²) in [6, 6.07) is 13.9. The molecule has 0 fully saturated rings. The van der Waals surface area contributed by atoms with Crippen molar-refractivity contribution in [2.24, 2.45) is 0 Å². The summed E-state index contributed by atoms with van der Waals surface area (Å²) < 4.78 is 50.4. The molecule has 0 aliphatic rings. The quantitative estimate of drug-likeness (QED) is 0.452. The van der Waals surface area contributed by atoms with E-state index >= 15 is 0 Å². The van der Waals surface area contributed by atoms with Crippen molar-refractivity contribution < 1.29 is 32.5 Å². The topological polar surface area (TPSA) is 67.8 Å². The summed E-state index contributed by atoms with van der Waals surface area (Å²) in [6.45, 7) is -0.0648. The Labute approximate surface area is 187 Å². The molecule has 2 N–H and O–H groups in total. The van der Waals surface area contributed by atoms with Crippen LogP contribution in [0.5, 0.6) is 17.2 Å². The van der Waals surface area contributed by atoms with Crippen LogP contribution in [0.15, 0.2) is 60.7 Å². The molecule has 0 radical (unpaired) electrons. The molecule has 0 aromatic heterocycles. The number of halogens is 4. The largest absolute Gasteiger partial charge is 0.507 e. The zero-order valence-corrected chi connectivity index (χ0v) is 17.6. The minimum atomic E-state index is -4.46. The molecule has 0 saturated heterocycles. The molecular formula is C23H19ClF3NO4. The Hall–Kier alpha value is -3.39. The van der Waals surface area contributed by atoms with Gasteiger partial charge in [-0.2, -0.15) is 13.2 Å². The normalized spacial score (nSPS) is 11.2. The number of amides is 1. The van der Waals surface area contributed by atoms with Gasteiger partial charge in [0.25, 0.3) is 5.91 Å². The van der Waals surface area contributed by atoms with Crippen LogP contribution in [-0.4, -0.2) is 24.7 Å². The van der Waals surface area contributed by atoms with Crippen molar-refractivity contribution in [2.75, 3.05) is 19.0 Å². The molecule has 0 bridgehead atoms. The first-order chi connectivity index (χ1) is 15.2. The van der Waals surface area contributed by atoms with Gasteiger partial charge in [-0.15, -0.1) is 0 Å². The fourth-order valence-electron chi connectivity index (χ4n) is 3.03. The third-order valence-corrected chi connectivity index (χ3v) is 4.82. The highest BCUT2D eigenvalue weighted by Gasteiger charge is 2.32. The molecule has 3 aromatic carbocycles. The third kappa shape index (κ3) is 5.64. The van der Waals surface area contributed by atoms with E-state index in [4.69, 9.17) is 21.1 Å². The van der Waals surface area contributed by atoms with Crippen molar-refractivity contribution >= 4 is 23.2 Å². The minimum absolute atomic E-state index is 0.00415. The van der Waals surface area contributed by atoms with E-state index in [9.17, 15) is 23.1 Å². The van der Waals surface area contributed by atoms with E-state index < -0.39 is 17.6 Å². The van der Waals surface area contributed by atoms with Gasteiger partial charge in [0.05, 0.1) is 30.5 Å². The highest BCUT2D eigenvalue weighted by molar-refractivity contribution is 6.31. The summed E-state index contributed by atoms with van der Waals surface area (Å²) in [5.41, 5.74) is -0.450. The van der Waals surface area contributed by atoms with Crippen LogP contribution in [0.4, 0.5) is 18.9 Å². The van der Waals surface area contributed by atoms with E-state index in [1.165, 1.54) is 55.6 Å². The van der Waals surface area contributed by atoms with Gasteiger partial charge < -0.3 is 19.9 Å². The van der Waals surface area contributed by atoms with E-state index in [2.05, 4.69) is 5.32 Å². The lowest BCUT2D eigenvalue weighted by Gasteiger charge is -2.16. The van der Waals surface area contributed by atoms with Crippen LogP contribution in [0.2, 0.25) is 5.02 Å². The van der Waals surface area contributed by atoms with Crippen LogP contribution in [0.1, 0.15) is 21.5 Å². The summed E-state index contributed by atoms with van der Waals surface area (Å²) >= 11 is 5.90. The van der Waals surface area contributed by atoms with Gasteiger partial charge in [0.15, 0.2) is 0 Å². The van der Waals surface area contributed by atoms with Crippen molar-refractivity contribution in [3.05, 3.63) is 82.4 Å². The fourth-order valence-corrected chi connectivity index (χ4v) is 3.20. The maximum atomic E-state index is 13.2. The zero-order valence-electron chi connectivity index (χ0n) is 16.9. The number of rotatable bonds is 7. The van der Waals surface area contributed by atoms with E-state index in [0.29, 0.717) is 5.75 Å². The van der Waals surface area contributed by atoms with Gasteiger partial charge in [0, 0.05) is 17.5 Å². The van der Waals surface area contributed by atoms with Crippen molar-refractivity contribution in [3.63, 3.8) is 0 Å². The monoisotopic (exact) mass is 465 g/mol. The number of aromatic hydroxyl groups is 1. The molecule has 168 valence electrons. The molecular weight excluding hydrogens is 447 g/mol. The number of carbonyl (C=O) groups is 1. The SMILES string of the molecule is COc1ccc(OCCc2ccccc2C(F)(F)F)c(NC(=O)c2cc(Cl)ccc2O)c1. The Balaban J connectivity index is 1.78. The zero-order chi connectivity index (χ0) is 23.3. The van der Waals surface area contributed by atoms with Gasteiger partial charge >= 0.3 is 6.18 Å². The first kappa shape index (κ1) is 23.3. The molecule has 1 amide bonds. The number of benzene rings is 3. The number of hydrogen-bond acceptors (Lipinski definition) is 4. The second kappa shape index (κ2) is 9.82. The second-order valence-corrected chi connectivity index (χ2v) is 7.17. The van der Waals surface area contributed by atoms with Crippen molar-refractivity contribution in [2.45, 2.75) is 12.6 Å². The predicted molar refractivity (Wildman–Crippen MR) is 115 cm³/mol. The molecule has 0 aliphatic heterocycles. The molecule has 5 nitrogen and oxygen atoms in total. The molecule has 0 saturated carbocycles. The number of hydrogen-bond donors (Lipinski definition) is 2. The molecule has 0 heterocycles. The lowest BCUT2D eigenvalue weighted by atomic mass is 10.0. The van der Waals surface area contributed by atoms with E-state index in [1.807, 2.05) is 0 Å². The summed E-state index contributed by atoms with van der Waals surface area (Å²) in [7, 11) is 1.44. The Morgan fingerprint density at radius 2 is 1.84 bits per heavy atom. The summed E-state index contributed by atoms with van der Waals surface area (Å²) in [5.74, 6) is -0.262. The molecule has 0 spiro atoms. The minimum Gasteiger partial charge on any atom is -0.507 e. The Morgan fingerprint density at radius 3 is 2.56 bits per heavy atom. The number of phenols is 1. The summed E-state index contributed by atoms with van der Waals surface area (Å²) in [6.07, 6.45) is -4.46. The molecule has 0 atom stereocenters. The van der Waals surface area contributed by atoms with Gasteiger partial charge in [-0.25, -0.2) is 0 Å². The van der Waals surface area contributed by atoms with Crippen molar-refractivity contribution in [1.82, 2.24) is 0 Å². The predicted octanol–water partition coefficient (Wildman–Crippen LogP) is 5.95. The van der Waals surface area contributed by atoms with Crippen LogP contribution >= 0.6 is 11.6 Å². The van der Waals surface area contributed by atoms with Crippen LogP contribution in [0, 0.1) is 0 Å². The van der Waals surface area contributed by atoms with Gasteiger partial charge in [0.2, 0.25) is 0 Å². The summed E-state index contributed by atoms with van der Waals surface area (Å²) in [5, 5.41) is 12.8. The lowest BCUT2D eigenvalue weighted by Crippen LogP contribution is -2.14. The number of alkyl halides is 3. The number of carbonyl (C=O) groups excluding carboxylic acids is 1. The first-order valence-corrected chi connectivity index (χ1v) is 9.82. The molecule has 3 aromatic rings. The first-order valence-electron chi connectivity index (χ1n) is 9.45. The van der Waals surface area contributed by atoms with E-state index in [1.54, 1.807) is 6.07 Å². The highest BCUT2D eigenvalue weighted by Crippen LogP contribution is 2.33. The Bertz CT molecular complexity index is 1120. The number of anilines is 1. The lowest BCUT2D eigenvalue weighted by molar-refractivity contribution is -0.138. The highest BCUT2D eigenvalue weighted by atomic mass is 35.5. The number of phenolic OH excluding ortho intramolecular Hbond substituents is 1. The Kier molecular flexibility index (Phi) is 7.15. The molecule has 32 heavy (non-hydrogen) atoms. The van der Waals surface area contributed by atoms with Gasteiger partial charge in [-0.1, -0.05) is 29.8 Å². The van der Waals surface area contributed by atoms with Crippen LogP contribution in [0.3, 0.4) is 0 Å². The maximum absolute atomic E-state index is 13.2. The van der Waals surface area contributed by atoms with Gasteiger partial charge in [-0.3, -0.25) is 4.79 Å². The van der Waals surface area contributed by atoms with E-state index in [-0.39, 0.29) is 46.4 Å². The summed E-state index contributed by atoms with van der Waals surface area (Å²) in [4.78, 5) is 12.6.